The lowest BCUT2D eigenvalue weighted by molar-refractivity contribution is -0.138. The zero-order valence-corrected chi connectivity index (χ0v) is 9.11. The van der Waals surface area contributed by atoms with E-state index in [4.69, 9.17) is 5.11 Å². The Morgan fingerprint density at radius 3 is 2.67 bits per heavy atom. The van der Waals surface area contributed by atoms with Crippen LogP contribution in [0.3, 0.4) is 0 Å². The molecule has 0 aromatic heterocycles. The predicted molar refractivity (Wildman–Crippen MR) is 56.6 cm³/mol. The van der Waals surface area contributed by atoms with Crippen molar-refractivity contribution < 1.29 is 9.90 Å². The van der Waals surface area contributed by atoms with Crippen LogP contribution in [-0.4, -0.2) is 35.1 Å². The standard InChI is InChI=1S/C12H19NO2/c14-11(15)6-12(3-4-12)8-13-7-9-1-2-10(13)5-9/h9-10H,1-8H2,(H,14,15). The maximum atomic E-state index is 10.8. The van der Waals surface area contributed by atoms with Crippen LogP contribution in [0.25, 0.3) is 0 Å². The third-order valence-corrected chi connectivity index (χ3v) is 4.54. The fourth-order valence-corrected chi connectivity index (χ4v) is 3.54. The molecule has 15 heavy (non-hydrogen) atoms. The van der Waals surface area contributed by atoms with Crippen LogP contribution in [0.5, 0.6) is 0 Å². The van der Waals surface area contributed by atoms with Crippen molar-refractivity contribution in [3.05, 3.63) is 0 Å². The molecule has 3 fully saturated rings. The molecule has 1 N–H and O–H groups in total. The van der Waals surface area contributed by atoms with Crippen LogP contribution >= 0.6 is 0 Å². The largest absolute Gasteiger partial charge is 0.481 e. The molecule has 3 heteroatoms. The second kappa shape index (κ2) is 3.21. The Bertz CT molecular complexity index is 285. The van der Waals surface area contributed by atoms with Gasteiger partial charge in [-0.2, -0.15) is 0 Å². The molecule has 3 rings (SSSR count). The van der Waals surface area contributed by atoms with Gasteiger partial charge in [-0.05, 0) is 43.4 Å². The van der Waals surface area contributed by atoms with Gasteiger partial charge in [-0.3, -0.25) is 9.69 Å². The summed E-state index contributed by atoms with van der Waals surface area (Å²) in [5.74, 6) is 0.312. The van der Waals surface area contributed by atoms with E-state index in [9.17, 15) is 4.79 Å². The number of carboxylic acid groups (broad SMARTS) is 1. The van der Waals surface area contributed by atoms with Crippen molar-refractivity contribution in [3.63, 3.8) is 0 Å². The highest BCUT2D eigenvalue weighted by molar-refractivity contribution is 5.68. The summed E-state index contributed by atoms with van der Waals surface area (Å²) in [6.45, 7) is 2.30. The minimum absolute atomic E-state index is 0.163. The maximum absolute atomic E-state index is 10.8. The maximum Gasteiger partial charge on any atom is 0.303 e. The summed E-state index contributed by atoms with van der Waals surface area (Å²) in [4.78, 5) is 13.3. The molecule has 84 valence electrons. The Labute approximate surface area is 90.5 Å². The number of fused-ring (bicyclic) bond motifs is 2. The second-order valence-corrected chi connectivity index (χ2v) is 5.83. The van der Waals surface area contributed by atoms with Gasteiger partial charge in [0.05, 0.1) is 6.42 Å². The van der Waals surface area contributed by atoms with Crippen molar-refractivity contribution in [1.82, 2.24) is 4.90 Å². The van der Waals surface area contributed by atoms with E-state index in [1.807, 2.05) is 0 Å². The fraction of sp³-hybridized carbons (Fsp3) is 0.917. The number of rotatable bonds is 4. The van der Waals surface area contributed by atoms with Crippen LogP contribution in [0.4, 0.5) is 0 Å². The topological polar surface area (TPSA) is 40.5 Å². The highest BCUT2D eigenvalue weighted by atomic mass is 16.4. The molecule has 2 unspecified atom stereocenters. The van der Waals surface area contributed by atoms with Gasteiger partial charge in [-0.15, -0.1) is 0 Å². The van der Waals surface area contributed by atoms with Gasteiger partial charge in [0, 0.05) is 19.1 Å². The van der Waals surface area contributed by atoms with Crippen LogP contribution in [0, 0.1) is 11.3 Å². The second-order valence-electron chi connectivity index (χ2n) is 5.83. The van der Waals surface area contributed by atoms with Gasteiger partial charge < -0.3 is 5.11 Å². The molecule has 1 heterocycles. The molecule has 1 aliphatic heterocycles. The number of carboxylic acids is 1. The number of nitrogens with zero attached hydrogens (tertiary/aromatic N) is 1. The quantitative estimate of drug-likeness (QED) is 0.766. The van der Waals surface area contributed by atoms with Crippen LogP contribution in [0.2, 0.25) is 0 Å². The molecule has 2 atom stereocenters. The molecule has 3 aliphatic rings. The molecule has 2 aliphatic carbocycles. The summed E-state index contributed by atoms with van der Waals surface area (Å²) >= 11 is 0. The highest BCUT2D eigenvalue weighted by Gasteiger charge is 2.49. The van der Waals surface area contributed by atoms with Gasteiger partial charge in [0.1, 0.15) is 0 Å². The van der Waals surface area contributed by atoms with Crippen LogP contribution in [-0.2, 0) is 4.79 Å². The van der Waals surface area contributed by atoms with Crippen molar-refractivity contribution in [2.75, 3.05) is 13.1 Å². The minimum Gasteiger partial charge on any atom is -0.481 e. The number of hydrogen-bond donors (Lipinski definition) is 1. The number of hydrogen-bond acceptors (Lipinski definition) is 2. The molecule has 0 spiro atoms. The van der Waals surface area contributed by atoms with Crippen LogP contribution in [0.1, 0.15) is 38.5 Å². The van der Waals surface area contributed by atoms with Gasteiger partial charge in [-0.25, -0.2) is 0 Å². The first-order chi connectivity index (χ1) is 7.17. The highest BCUT2D eigenvalue weighted by Crippen LogP contribution is 2.51. The van der Waals surface area contributed by atoms with E-state index in [0.29, 0.717) is 6.42 Å². The van der Waals surface area contributed by atoms with Crippen molar-refractivity contribution in [2.24, 2.45) is 11.3 Å². The first-order valence-electron chi connectivity index (χ1n) is 6.13. The first-order valence-corrected chi connectivity index (χ1v) is 6.13. The Morgan fingerprint density at radius 1 is 1.40 bits per heavy atom. The van der Waals surface area contributed by atoms with Crippen LogP contribution < -0.4 is 0 Å². The zero-order chi connectivity index (χ0) is 10.5. The molecular weight excluding hydrogens is 190 g/mol. The predicted octanol–water partition coefficient (Wildman–Crippen LogP) is 1.73. The Morgan fingerprint density at radius 2 is 2.20 bits per heavy atom. The lowest BCUT2D eigenvalue weighted by Gasteiger charge is -2.30. The van der Waals surface area contributed by atoms with Crippen molar-refractivity contribution >= 4 is 5.97 Å². The molecule has 2 bridgehead atoms. The lowest BCUT2D eigenvalue weighted by Crippen LogP contribution is -2.37. The Hall–Kier alpha value is -0.570. The van der Waals surface area contributed by atoms with Gasteiger partial charge in [0.2, 0.25) is 0 Å². The molecular formula is C12H19NO2. The first kappa shape index (κ1) is 9.64. The van der Waals surface area contributed by atoms with Gasteiger partial charge >= 0.3 is 5.97 Å². The summed E-state index contributed by atoms with van der Waals surface area (Å²) in [7, 11) is 0. The molecule has 0 amide bonds. The Balaban J connectivity index is 1.59. The van der Waals surface area contributed by atoms with Crippen molar-refractivity contribution in [2.45, 2.75) is 44.6 Å². The average molecular weight is 209 g/mol. The van der Waals surface area contributed by atoms with E-state index < -0.39 is 5.97 Å². The molecule has 3 nitrogen and oxygen atoms in total. The number of piperidine rings is 1. The Kier molecular flexibility index (Phi) is 2.06. The SMILES string of the molecule is O=C(O)CC1(CN2CC3CCC2C3)CC1. The lowest BCUT2D eigenvalue weighted by atomic mass is 10.0. The third-order valence-electron chi connectivity index (χ3n) is 4.54. The molecule has 2 saturated carbocycles. The van der Waals surface area contributed by atoms with Crippen molar-refractivity contribution in [3.8, 4) is 0 Å². The summed E-state index contributed by atoms with van der Waals surface area (Å²) in [6, 6.07) is 0.793. The average Bonchev–Trinajstić information content (AvgIpc) is 2.61. The van der Waals surface area contributed by atoms with Crippen molar-refractivity contribution in [1.29, 1.82) is 0 Å². The van der Waals surface area contributed by atoms with Crippen LogP contribution in [0.15, 0.2) is 0 Å². The van der Waals surface area contributed by atoms with E-state index in [1.165, 1.54) is 25.8 Å². The van der Waals surface area contributed by atoms with E-state index in [0.717, 1.165) is 31.3 Å². The van der Waals surface area contributed by atoms with E-state index in [-0.39, 0.29) is 5.41 Å². The van der Waals surface area contributed by atoms with Gasteiger partial charge in [0.25, 0.3) is 0 Å². The number of carbonyl (C=O) groups is 1. The summed E-state index contributed by atoms with van der Waals surface area (Å²) < 4.78 is 0. The molecule has 1 saturated heterocycles. The summed E-state index contributed by atoms with van der Waals surface area (Å²) in [5.41, 5.74) is 0.163. The van der Waals surface area contributed by atoms with E-state index in [2.05, 4.69) is 4.90 Å². The normalized spacial score (nSPS) is 37.1. The number of aliphatic carboxylic acids is 1. The fourth-order valence-electron chi connectivity index (χ4n) is 3.54. The minimum atomic E-state index is -0.614. The zero-order valence-electron chi connectivity index (χ0n) is 9.11. The van der Waals surface area contributed by atoms with Gasteiger partial charge in [0.15, 0.2) is 0 Å². The number of likely N-dealkylation sites (tertiary alicyclic amines) is 1. The monoisotopic (exact) mass is 209 g/mol. The summed E-state index contributed by atoms with van der Waals surface area (Å²) in [5, 5.41) is 8.88. The molecule has 0 aromatic rings. The molecule has 0 aromatic carbocycles. The van der Waals surface area contributed by atoms with Gasteiger partial charge in [-0.1, -0.05) is 0 Å². The van der Waals surface area contributed by atoms with E-state index >= 15 is 0 Å². The smallest absolute Gasteiger partial charge is 0.303 e. The molecule has 0 radical (unpaired) electrons. The third kappa shape index (κ3) is 1.78. The van der Waals surface area contributed by atoms with E-state index in [1.54, 1.807) is 0 Å². The summed E-state index contributed by atoms with van der Waals surface area (Å²) in [6.07, 6.45) is 6.80.